The minimum atomic E-state index is -0.201. The number of aromatic nitrogens is 2. The number of amides is 1. The molecule has 0 fully saturated rings. The van der Waals surface area contributed by atoms with E-state index < -0.39 is 0 Å². The molecular weight excluding hydrogens is 242 g/mol. The molecule has 1 aromatic heterocycles. The van der Waals surface area contributed by atoms with Crippen molar-refractivity contribution in [2.45, 2.75) is 12.5 Å². The van der Waals surface area contributed by atoms with Gasteiger partial charge < -0.3 is 9.64 Å². The predicted molar refractivity (Wildman–Crippen MR) is 69.7 cm³/mol. The highest BCUT2D eigenvalue weighted by Crippen LogP contribution is 2.34. The lowest BCUT2D eigenvalue weighted by Gasteiger charge is -2.19. The van der Waals surface area contributed by atoms with Crippen molar-refractivity contribution in [1.29, 1.82) is 0 Å². The molecule has 0 saturated carbocycles. The topological polar surface area (TPSA) is 58.2 Å². The van der Waals surface area contributed by atoms with Crippen molar-refractivity contribution in [3.05, 3.63) is 47.8 Å². The zero-order valence-electron chi connectivity index (χ0n) is 10.7. The molecule has 0 bridgehead atoms. The lowest BCUT2D eigenvalue weighted by Crippen LogP contribution is -2.31. The fourth-order valence-corrected chi connectivity index (χ4v) is 2.35. The fraction of sp³-hybridized carbons (Fsp3) is 0.286. The van der Waals surface area contributed by atoms with Gasteiger partial charge in [0.05, 0.1) is 6.20 Å². The maximum Gasteiger partial charge on any atom is 0.233 e. The standard InChI is InChI=1S/C14H15N3O2/c1-17(8-10-6-15-16-7-10)14(18)12-9-19-13-5-3-2-4-11(12)13/h2-7,12H,8-9H2,1H3,(H,15,16). The first-order chi connectivity index (χ1) is 9.25. The lowest BCUT2D eigenvalue weighted by atomic mass is 10.00. The largest absolute Gasteiger partial charge is 0.492 e. The molecule has 98 valence electrons. The summed E-state index contributed by atoms with van der Waals surface area (Å²) >= 11 is 0. The average Bonchev–Trinajstić information content (AvgIpc) is 3.06. The van der Waals surface area contributed by atoms with Crippen molar-refractivity contribution in [1.82, 2.24) is 15.1 Å². The normalized spacial score (nSPS) is 16.8. The summed E-state index contributed by atoms with van der Waals surface area (Å²) in [6.07, 6.45) is 3.52. The maximum atomic E-state index is 12.4. The van der Waals surface area contributed by atoms with Gasteiger partial charge in [0.25, 0.3) is 0 Å². The van der Waals surface area contributed by atoms with Gasteiger partial charge in [-0.25, -0.2) is 0 Å². The summed E-state index contributed by atoms with van der Waals surface area (Å²) < 4.78 is 5.55. The maximum absolute atomic E-state index is 12.4. The Labute approximate surface area is 111 Å². The molecule has 0 spiro atoms. The number of nitrogens with one attached hydrogen (secondary N) is 1. The Hall–Kier alpha value is -2.30. The Morgan fingerprint density at radius 2 is 2.37 bits per heavy atom. The van der Waals surface area contributed by atoms with E-state index in [1.807, 2.05) is 24.3 Å². The third kappa shape index (κ3) is 2.19. The number of hydrogen-bond donors (Lipinski definition) is 1. The molecule has 1 atom stereocenters. The summed E-state index contributed by atoms with van der Waals surface area (Å²) in [7, 11) is 1.80. The van der Waals surface area contributed by atoms with Crippen LogP contribution in [0.2, 0.25) is 0 Å². The minimum Gasteiger partial charge on any atom is -0.492 e. The van der Waals surface area contributed by atoms with E-state index in [-0.39, 0.29) is 11.8 Å². The summed E-state index contributed by atoms with van der Waals surface area (Å²) in [5, 5.41) is 6.63. The van der Waals surface area contributed by atoms with Crippen molar-refractivity contribution in [3.63, 3.8) is 0 Å². The van der Waals surface area contributed by atoms with Crippen molar-refractivity contribution in [2.75, 3.05) is 13.7 Å². The molecule has 5 nitrogen and oxygen atoms in total. The summed E-state index contributed by atoms with van der Waals surface area (Å²) in [6.45, 7) is 0.974. The van der Waals surface area contributed by atoms with Gasteiger partial charge in [-0.05, 0) is 6.07 Å². The van der Waals surface area contributed by atoms with Crippen LogP contribution in [0, 0.1) is 0 Å². The van der Waals surface area contributed by atoms with Crippen LogP contribution in [-0.2, 0) is 11.3 Å². The van der Waals surface area contributed by atoms with Crippen molar-refractivity contribution < 1.29 is 9.53 Å². The monoisotopic (exact) mass is 257 g/mol. The van der Waals surface area contributed by atoms with Gasteiger partial charge in [0, 0.05) is 30.9 Å². The van der Waals surface area contributed by atoms with Crippen LogP contribution in [0.5, 0.6) is 5.75 Å². The molecule has 0 saturated heterocycles. The zero-order chi connectivity index (χ0) is 13.2. The molecule has 1 aliphatic heterocycles. The van der Waals surface area contributed by atoms with E-state index in [1.165, 1.54) is 0 Å². The summed E-state index contributed by atoms with van der Waals surface area (Å²) in [5.74, 6) is 0.691. The molecular formula is C14H15N3O2. The van der Waals surface area contributed by atoms with Gasteiger partial charge >= 0.3 is 0 Å². The molecule has 2 aromatic rings. The SMILES string of the molecule is CN(Cc1cn[nH]c1)C(=O)C1COc2ccccc21. The van der Waals surface area contributed by atoms with E-state index >= 15 is 0 Å². The van der Waals surface area contributed by atoms with Crippen molar-refractivity contribution in [2.24, 2.45) is 0 Å². The number of fused-ring (bicyclic) bond motifs is 1. The Kier molecular flexibility index (Phi) is 2.95. The number of carbonyl (C=O) groups excluding carboxylic acids is 1. The van der Waals surface area contributed by atoms with Crippen LogP contribution in [-0.4, -0.2) is 34.7 Å². The number of hydrogen-bond acceptors (Lipinski definition) is 3. The van der Waals surface area contributed by atoms with Gasteiger partial charge in [-0.1, -0.05) is 18.2 Å². The van der Waals surface area contributed by atoms with E-state index in [0.717, 1.165) is 16.9 Å². The van der Waals surface area contributed by atoms with Gasteiger partial charge in [-0.15, -0.1) is 0 Å². The second-order valence-corrected chi connectivity index (χ2v) is 4.70. The molecule has 1 amide bonds. The van der Waals surface area contributed by atoms with Crippen LogP contribution in [0.25, 0.3) is 0 Å². The Balaban J connectivity index is 1.74. The molecule has 1 aromatic carbocycles. The first-order valence-corrected chi connectivity index (χ1v) is 6.20. The highest BCUT2D eigenvalue weighted by Gasteiger charge is 2.31. The minimum absolute atomic E-state index is 0.0751. The summed E-state index contributed by atoms with van der Waals surface area (Å²) in [6, 6.07) is 7.71. The van der Waals surface area contributed by atoms with E-state index in [4.69, 9.17) is 4.74 Å². The van der Waals surface area contributed by atoms with Crippen molar-refractivity contribution in [3.8, 4) is 5.75 Å². The average molecular weight is 257 g/mol. The Morgan fingerprint density at radius 3 is 3.16 bits per heavy atom. The number of rotatable bonds is 3. The second-order valence-electron chi connectivity index (χ2n) is 4.70. The number of aromatic amines is 1. The summed E-state index contributed by atoms with van der Waals surface area (Å²) in [5.41, 5.74) is 1.97. The number of para-hydroxylation sites is 1. The number of benzene rings is 1. The molecule has 19 heavy (non-hydrogen) atoms. The smallest absolute Gasteiger partial charge is 0.233 e. The Morgan fingerprint density at radius 1 is 1.53 bits per heavy atom. The van der Waals surface area contributed by atoms with Crippen LogP contribution in [0.1, 0.15) is 17.0 Å². The van der Waals surface area contributed by atoms with E-state index in [2.05, 4.69) is 10.2 Å². The molecule has 1 aliphatic rings. The predicted octanol–water partition coefficient (Wildman–Crippen LogP) is 1.54. The van der Waals surface area contributed by atoms with Gasteiger partial charge in [-0.2, -0.15) is 5.10 Å². The van der Waals surface area contributed by atoms with E-state index in [1.54, 1.807) is 24.3 Å². The van der Waals surface area contributed by atoms with Crippen LogP contribution in [0.15, 0.2) is 36.7 Å². The first kappa shape index (κ1) is 11.8. The fourth-order valence-electron chi connectivity index (χ4n) is 2.35. The third-order valence-corrected chi connectivity index (χ3v) is 3.35. The summed E-state index contributed by atoms with van der Waals surface area (Å²) in [4.78, 5) is 14.2. The van der Waals surface area contributed by atoms with Gasteiger partial charge in [-0.3, -0.25) is 9.89 Å². The van der Waals surface area contributed by atoms with Gasteiger partial charge in [0.2, 0.25) is 5.91 Å². The van der Waals surface area contributed by atoms with Crippen LogP contribution in [0.3, 0.4) is 0 Å². The lowest BCUT2D eigenvalue weighted by molar-refractivity contribution is -0.132. The number of likely N-dealkylation sites (N-methyl/N-ethyl adjacent to an activating group) is 1. The molecule has 0 radical (unpaired) electrons. The van der Waals surface area contributed by atoms with Crippen LogP contribution >= 0.6 is 0 Å². The molecule has 2 heterocycles. The molecule has 1 N–H and O–H groups in total. The highest BCUT2D eigenvalue weighted by molar-refractivity contribution is 5.85. The molecule has 1 unspecified atom stereocenters. The number of ether oxygens (including phenoxy) is 1. The quantitative estimate of drug-likeness (QED) is 0.907. The molecule has 0 aliphatic carbocycles. The van der Waals surface area contributed by atoms with E-state index in [0.29, 0.717) is 13.2 Å². The highest BCUT2D eigenvalue weighted by atomic mass is 16.5. The van der Waals surface area contributed by atoms with E-state index in [9.17, 15) is 4.79 Å². The van der Waals surface area contributed by atoms with Crippen LogP contribution < -0.4 is 4.74 Å². The Bertz CT molecular complexity index is 580. The molecule has 3 rings (SSSR count). The van der Waals surface area contributed by atoms with Crippen molar-refractivity contribution >= 4 is 5.91 Å². The van der Waals surface area contributed by atoms with Gasteiger partial charge in [0.15, 0.2) is 0 Å². The van der Waals surface area contributed by atoms with Crippen LogP contribution in [0.4, 0.5) is 0 Å². The third-order valence-electron chi connectivity index (χ3n) is 3.35. The second kappa shape index (κ2) is 4.76. The molecule has 5 heteroatoms. The number of nitrogens with zero attached hydrogens (tertiary/aromatic N) is 2. The first-order valence-electron chi connectivity index (χ1n) is 6.20. The van der Waals surface area contributed by atoms with Gasteiger partial charge in [0.1, 0.15) is 18.3 Å². The number of H-pyrrole nitrogens is 1. The zero-order valence-corrected chi connectivity index (χ0v) is 10.7. The number of carbonyl (C=O) groups is 1.